The van der Waals surface area contributed by atoms with Crippen molar-refractivity contribution in [1.82, 2.24) is 44.8 Å². The van der Waals surface area contributed by atoms with Crippen molar-refractivity contribution in [2.45, 2.75) is 26.8 Å². The average molecular weight is 457 g/mol. The lowest BCUT2D eigenvalue weighted by molar-refractivity contribution is 0.0985. The standard InChI is InChI=1S/C23H24N10O/c1-14-13-34-9-8-31(14)21-10-20(33-23(28-21)18(12-27-33)19-5-7-25-29-19)22-15(2)30-32(16(22)3)17-4-6-24-26-11-17/h4-7,10-12,14H,8-9,13H2,1-3H3,(H,25,29)/t14-/m1/s1. The van der Waals surface area contributed by atoms with Crippen molar-refractivity contribution in [1.29, 1.82) is 0 Å². The number of hydrogen-bond donors (Lipinski definition) is 1. The van der Waals surface area contributed by atoms with Gasteiger partial charge in [0.15, 0.2) is 5.65 Å². The van der Waals surface area contributed by atoms with E-state index in [1.54, 1.807) is 18.6 Å². The van der Waals surface area contributed by atoms with Crippen molar-refractivity contribution in [2.75, 3.05) is 24.7 Å². The molecule has 5 aromatic rings. The van der Waals surface area contributed by atoms with Crippen LogP contribution < -0.4 is 4.90 Å². The number of hydrogen-bond acceptors (Lipinski definition) is 8. The molecular weight excluding hydrogens is 432 g/mol. The van der Waals surface area contributed by atoms with Crippen LogP contribution >= 0.6 is 0 Å². The molecule has 6 rings (SSSR count). The van der Waals surface area contributed by atoms with E-state index >= 15 is 0 Å². The topological polar surface area (TPSA) is 115 Å². The summed E-state index contributed by atoms with van der Waals surface area (Å²) in [6, 6.07) is 6.13. The van der Waals surface area contributed by atoms with Crippen LogP contribution in [0.25, 0.3) is 33.8 Å². The van der Waals surface area contributed by atoms with Crippen molar-refractivity contribution in [2.24, 2.45) is 0 Å². The Kier molecular flexibility index (Phi) is 4.84. The predicted octanol–water partition coefficient (Wildman–Crippen LogP) is 2.60. The zero-order valence-corrected chi connectivity index (χ0v) is 19.2. The second-order valence-corrected chi connectivity index (χ2v) is 8.44. The normalized spacial score (nSPS) is 16.4. The van der Waals surface area contributed by atoms with E-state index in [1.165, 1.54) is 0 Å². The van der Waals surface area contributed by atoms with Gasteiger partial charge in [-0.15, -0.1) is 0 Å². The fourth-order valence-electron chi connectivity index (χ4n) is 4.61. The molecule has 1 atom stereocenters. The Morgan fingerprint density at radius 1 is 1.12 bits per heavy atom. The molecule has 0 spiro atoms. The van der Waals surface area contributed by atoms with Gasteiger partial charge in [0.05, 0.1) is 71.9 Å². The molecule has 0 aromatic carbocycles. The molecule has 0 unspecified atom stereocenters. The van der Waals surface area contributed by atoms with Crippen molar-refractivity contribution in [3.63, 3.8) is 0 Å². The second-order valence-electron chi connectivity index (χ2n) is 8.44. The third-order valence-electron chi connectivity index (χ3n) is 6.27. The van der Waals surface area contributed by atoms with Crippen LogP contribution in [0.15, 0.2) is 43.0 Å². The lowest BCUT2D eigenvalue weighted by atomic mass is 10.1. The van der Waals surface area contributed by atoms with Gasteiger partial charge in [-0.3, -0.25) is 5.10 Å². The fraction of sp³-hybridized carbons (Fsp3) is 0.304. The number of rotatable bonds is 4. The number of aromatic nitrogens is 9. The first-order chi connectivity index (χ1) is 16.6. The minimum atomic E-state index is 0.211. The van der Waals surface area contributed by atoms with Gasteiger partial charge in [-0.2, -0.15) is 25.5 Å². The number of nitrogens with one attached hydrogen (secondary N) is 1. The molecule has 0 saturated carbocycles. The third kappa shape index (κ3) is 3.24. The Morgan fingerprint density at radius 2 is 2.03 bits per heavy atom. The molecule has 0 amide bonds. The van der Waals surface area contributed by atoms with Gasteiger partial charge in [-0.25, -0.2) is 14.2 Å². The molecule has 11 nitrogen and oxygen atoms in total. The van der Waals surface area contributed by atoms with Gasteiger partial charge in [0.1, 0.15) is 5.82 Å². The highest BCUT2D eigenvalue weighted by Gasteiger charge is 2.26. The number of aryl methyl sites for hydroxylation is 1. The van der Waals surface area contributed by atoms with E-state index in [1.807, 2.05) is 34.5 Å². The van der Waals surface area contributed by atoms with Crippen molar-refractivity contribution >= 4 is 11.5 Å². The van der Waals surface area contributed by atoms with Gasteiger partial charge in [0.2, 0.25) is 0 Å². The Balaban J connectivity index is 1.60. The molecule has 0 aliphatic carbocycles. The highest BCUT2D eigenvalue weighted by atomic mass is 16.5. The molecule has 1 fully saturated rings. The maximum atomic E-state index is 5.67. The van der Waals surface area contributed by atoms with Crippen LogP contribution in [-0.2, 0) is 4.74 Å². The summed E-state index contributed by atoms with van der Waals surface area (Å²) in [6.45, 7) is 8.33. The van der Waals surface area contributed by atoms with Crippen LogP contribution in [0.2, 0.25) is 0 Å². The number of fused-ring (bicyclic) bond motifs is 1. The van der Waals surface area contributed by atoms with Gasteiger partial charge >= 0.3 is 0 Å². The Labute approximate surface area is 195 Å². The molecule has 0 radical (unpaired) electrons. The Morgan fingerprint density at radius 3 is 2.79 bits per heavy atom. The molecule has 1 aliphatic heterocycles. The van der Waals surface area contributed by atoms with E-state index < -0.39 is 0 Å². The van der Waals surface area contributed by atoms with Crippen LogP contribution in [0, 0.1) is 13.8 Å². The molecule has 34 heavy (non-hydrogen) atoms. The first kappa shape index (κ1) is 20.5. The average Bonchev–Trinajstić information content (AvgIpc) is 3.58. The third-order valence-corrected chi connectivity index (χ3v) is 6.27. The first-order valence-electron chi connectivity index (χ1n) is 11.2. The van der Waals surface area contributed by atoms with E-state index in [9.17, 15) is 0 Å². The molecule has 1 saturated heterocycles. The molecule has 0 bridgehead atoms. The van der Waals surface area contributed by atoms with Crippen molar-refractivity contribution in [3.05, 3.63) is 54.4 Å². The molecule has 1 aliphatic rings. The van der Waals surface area contributed by atoms with Gasteiger partial charge < -0.3 is 9.64 Å². The van der Waals surface area contributed by atoms with E-state index in [2.05, 4.69) is 45.2 Å². The predicted molar refractivity (Wildman–Crippen MR) is 126 cm³/mol. The Bertz CT molecular complexity index is 1450. The number of morpholine rings is 1. The summed E-state index contributed by atoms with van der Waals surface area (Å²) in [6.07, 6.45) is 6.93. The summed E-state index contributed by atoms with van der Waals surface area (Å²) in [4.78, 5) is 7.34. The minimum Gasteiger partial charge on any atom is -0.377 e. The molecule has 5 aromatic heterocycles. The van der Waals surface area contributed by atoms with Crippen LogP contribution in [-0.4, -0.2) is 70.6 Å². The maximum Gasteiger partial charge on any atom is 0.167 e. The van der Waals surface area contributed by atoms with Crippen molar-refractivity contribution < 1.29 is 4.74 Å². The quantitative estimate of drug-likeness (QED) is 0.439. The minimum absolute atomic E-state index is 0.211. The SMILES string of the molecule is Cc1nn(-c2ccnnc2)c(C)c1-c1cc(N2CCOC[C@H]2C)nc2c(-c3ccn[nH]3)cnn12. The van der Waals surface area contributed by atoms with Crippen LogP contribution in [0.4, 0.5) is 5.82 Å². The van der Waals surface area contributed by atoms with Gasteiger partial charge in [0, 0.05) is 24.4 Å². The fourth-order valence-corrected chi connectivity index (χ4v) is 4.61. The van der Waals surface area contributed by atoms with E-state index in [-0.39, 0.29) is 6.04 Å². The number of ether oxygens (including phenoxy) is 1. The Hall–Kier alpha value is -4.12. The van der Waals surface area contributed by atoms with Crippen LogP contribution in [0.5, 0.6) is 0 Å². The zero-order valence-electron chi connectivity index (χ0n) is 19.2. The molecule has 11 heteroatoms. The number of anilines is 1. The molecule has 6 heterocycles. The highest BCUT2D eigenvalue weighted by Crippen LogP contribution is 2.34. The smallest absolute Gasteiger partial charge is 0.167 e. The highest BCUT2D eigenvalue weighted by molar-refractivity contribution is 5.80. The largest absolute Gasteiger partial charge is 0.377 e. The second kappa shape index (κ2) is 8.03. The first-order valence-corrected chi connectivity index (χ1v) is 11.2. The lowest BCUT2D eigenvalue weighted by Gasteiger charge is -2.34. The van der Waals surface area contributed by atoms with E-state index in [0.29, 0.717) is 13.2 Å². The summed E-state index contributed by atoms with van der Waals surface area (Å²) >= 11 is 0. The summed E-state index contributed by atoms with van der Waals surface area (Å²) in [5.74, 6) is 0.886. The summed E-state index contributed by atoms with van der Waals surface area (Å²) < 4.78 is 9.45. The molecular formula is C23H24N10O. The summed E-state index contributed by atoms with van der Waals surface area (Å²) in [7, 11) is 0. The van der Waals surface area contributed by atoms with E-state index in [0.717, 1.165) is 57.6 Å². The van der Waals surface area contributed by atoms with Crippen LogP contribution in [0.3, 0.4) is 0 Å². The van der Waals surface area contributed by atoms with Gasteiger partial charge in [-0.05, 0) is 32.9 Å². The van der Waals surface area contributed by atoms with Gasteiger partial charge in [0.25, 0.3) is 0 Å². The van der Waals surface area contributed by atoms with E-state index in [4.69, 9.17) is 19.9 Å². The summed E-state index contributed by atoms with van der Waals surface area (Å²) in [5.41, 5.74) is 7.17. The zero-order chi connectivity index (χ0) is 23.2. The van der Waals surface area contributed by atoms with Crippen molar-refractivity contribution in [3.8, 4) is 28.2 Å². The number of nitrogens with zero attached hydrogens (tertiary/aromatic N) is 9. The monoisotopic (exact) mass is 456 g/mol. The number of aromatic amines is 1. The lowest BCUT2D eigenvalue weighted by Crippen LogP contribution is -2.44. The van der Waals surface area contributed by atoms with Crippen LogP contribution in [0.1, 0.15) is 18.3 Å². The molecule has 172 valence electrons. The molecule has 1 N–H and O–H groups in total. The number of H-pyrrole nitrogens is 1. The maximum absolute atomic E-state index is 5.67. The summed E-state index contributed by atoms with van der Waals surface area (Å²) in [5, 5.41) is 24.6. The van der Waals surface area contributed by atoms with Gasteiger partial charge in [-0.1, -0.05) is 0 Å².